The molecule has 10 saturated carbocycles. The molecular weight excluding hydrogens is 937 g/mol. The Hall–Kier alpha value is -3.30. The van der Waals surface area contributed by atoms with E-state index in [0.29, 0.717) is 42.8 Å². The van der Waals surface area contributed by atoms with Crippen LogP contribution in [0, 0.1) is 93.7 Å². The molecule has 13 atom stereocenters. The number of hydrogen-bond donors (Lipinski definition) is 0. The monoisotopic (exact) mass is 1030 g/mol. The average molecular weight is 1030 g/mol. The van der Waals surface area contributed by atoms with Crippen LogP contribution >= 0.6 is 0 Å². The molecule has 10 bridgehead atoms. The minimum Gasteiger partial charge on any atom is -0.462 e. The Bertz CT molecular complexity index is 1870. The Morgan fingerprint density at radius 3 is 1.15 bits per heavy atom. The quantitative estimate of drug-likeness (QED) is 0.0457. The summed E-state index contributed by atoms with van der Waals surface area (Å²) in [7, 11) is 0. The summed E-state index contributed by atoms with van der Waals surface area (Å²) >= 11 is 0. The number of carbonyl (C=O) groups excluding carboxylic acids is 6. The molecule has 10 aliphatic carbocycles. The van der Waals surface area contributed by atoms with Gasteiger partial charge in [-0.15, -0.1) is 0 Å². The smallest absolute Gasteiger partial charge is 0.311 e. The van der Waals surface area contributed by atoms with Crippen LogP contribution in [0.15, 0.2) is 0 Å². The minimum atomic E-state index is -0.468. The van der Waals surface area contributed by atoms with E-state index in [4.69, 9.17) is 42.6 Å². The van der Waals surface area contributed by atoms with Gasteiger partial charge in [0.25, 0.3) is 0 Å². The van der Waals surface area contributed by atoms with Crippen molar-refractivity contribution in [2.24, 2.45) is 93.7 Å². The molecule has 0 radical (unpaired) electrons. The maximum atomic E-state index is 12.8. The van der Waals surface area contributed by atoms with Gasteiger partial charge in [0, 0.05) is 31.0 Å². The lowest BCUT2D eigenvalue weighted by atomic mass is 9.55. The van der Waals surface area contributed by atoms with Gasteiger partial charge in [-0.05, 0) is 192 Å². The first-order chi connectivity index (χ1) is 34.8. The van der Waals surface area contributed by atoms with Crippen molar-refractivity contribution in [3.63, 3.8) is 0 Å². The highest BCUT2D eigenvalue weighted by Gasteiger charge is 2.55. The number of fused-ring (bicyclic) bond motifs is 6. The normalized spacial score (nSPS) is 36.3. The van der Waals surface area contributed by atoms with Gasteiger partial charge in [-0.3, -0.25) is 28.8 Å². The van der Waals surface area contributed by atoms with Crippen LogP contribution in [0.2, 0.25) is 0 Å². The van der Waals surface area contributed by atoms with E-state index in [1.807, 2.05) is 69.2 Å². The van der Waals surface area contributed by atoms with Crippen molar-refractivity contribution in [3.8, 4) is 0 Å². The van der Waals surface area contributed by atoms with Crippen molar-refractivity contribution >= 4 is 35.8 Å². The Labute approximate surface area is 435 Å². The zero-order valence-electron chi connectivity index (χ0n) is 46.1. The van der Waals surface area contributed by atoms with Gasteiger partial charge in [-0.2, -0.15) is 0 Å². The van der Waals surface area contributed by atoms with Crippen molar-refractivity contribution < 1.29 is 71.4 Å². The van der Waals surface area contributed by atoms with E-state index in [0.717, 1.165) is 88.9 Å². The second kappa shape index (κ2) is 25.2. The minimum absolute atomic E-state index is 0.0105. The fraction of sp³-hybridized carbons (Fsp3) is 0.897. The molecule has 73 heavy (non-hydrogen) atoms. The third-order valence-corrected chi connectivity index (χ3v) is 19.4. The molecule has 13 unspecified atom stereocenters. The van der Waals surface area contributed by atoms with Crippen LogP contribution in [0.5, 0.6) is 0 Å². The Morgan fingerprint density at radius 1 is 0.452 bits per heavy atom. The highest BCUT2D eigenvalue weighted by atomic mass is 16.7. The van der Waals surface area contributed by atoms with Gasteiger partial charge in [0.15, 0.2) is 20.4 Å². The van der Waals surface area contributed by atoms with Gasteiger partial charge in [-0.1, -0.05) is 27.7 Å². The fourth-order valence-corrected chi connectivity index (χ4v) is 14.4. The summed E-state index contributed by atoms with van der Waals surface area (Å²) in [5.74, 6) is 3.43. The largest absolute Gasteiger partial charge is 0.462 e. The fourth-order valence-electron chi connectivity index (χ4n) is 14.4. The molecule has 0 aromatic rings. The average Bonchev–Trinajstić information content (AvgIpc) is 4.25. The maximum Gasteiger partial charge on any atom is 0.311 e. The summed E-state index contributed by atoms with van der Waals surface area (Å²) in [6.07, 6.45) is 16.9. The van der Waals surface area contributed by atoms with Gasteiger partial charge in [0.2, 0.25) is 0 Å². The summed E-state index contributed by atoms with van der Waals surface area (Å²) in [6.45, 7) is 20.4. The summed E-state index contributed by atoms with van der Waals surface area (Å²) in [4.78, 5) is 73.8. The molecule has 0 saturated heterocycles. The molecule has 15 nitrogen and oxygen atoms in total. The second-order valence-corrected chi connectivity index (χ2v) is 25.0. The lowest BCUT2D eigenvalue weighted by Gasteiger charge is -2.53. The summed E-state index contributed by atoms with van der Waals surface area (Å²) in [6, 6.07) is 0. The Kier molecular flexibility index (Phi) is 19.8. The number of rotatable bonds is 21. The number of hydrogen-bond acceptors (Lipinski definition) is 15. The summed E-state index contributed by atoms with van der Waals surface area (Å²) in [5, 5.41) is 0. The molecule has 0 aromatic carbocycles. The summed E-state index contributed by atoms with van der Waals surface area (Å²) < 4.78 is 49.4. The van der Waals surface area contributed by atoms with E-state index in [9.17, 15) is 28.8 Å². The first-order valence-electron chi connectivity index (χ1n) is 28.7. The van der Waals surface area contributed by atoms with Crippen LogP contribution in [0.1, 0.15) is 178 Å². The number of esters is 6. The van der Waals surface area contributed by atoms with E-state index in [2.05, 4.69) is 0 Å². The van der Waals surface area contributed by atoms with Gasteiger partial charge >= 0.3 is 35.8 Å². The molecular formula is C58H92O15. The maximum absolute atomic E-state index is 12.8. The van der Waals surface area contributed by atoms with Gasteiger partial charge in [-0.25, -0.2) is 0 Å². The predicted molar refractivity (Wildman–Crippen MR) is 268 cm³/mol. The molecule has 414 valence electrons. The van der Waals surface area contributed by atoms with Crippen LogP contribution in [0.3, 0.4) is 0 Å². The Morgan fingerprint density at radius 2 is 0.808 bits per heavy atom. The van der Waals surface area contributed by atoms with E-state index >= 15 is 0 Å². The molecule has 0 aliphatic heterocycles. The highest BCUT2D eigenvalue weighted by Crippen LogP contribution is 2.56. The van der Waals surface area contributed by atoms with Crippen molar-refractivity contribution in [1.82, 2.24) is 0 Å². The molecule has 0 spiro atoms. The number of ether oxygens (including phenoxy) is 9. The molecule has 0 amide bonds. The van der Waals surface area contributed by atoms with Gasteiger partial charge in [0.05, 0.1) is 40.6 Å². The molecule has 10 rings (SSSR count). The topological polar surface area (TPSA) is 185 Å². The lowest BCUT2D eigenvalue weighted by Crippen LogP contribution is -2.49. The van der Waals surface area contributed by atoms with Gasteiger partial charge < -0.3 is 42.6 Å². The first-order valence-corrected chi connectivity index (χ1v) is 28.7. The highest BCUT2D eigenvalue weighted by molar-refractivity contribution is 5.78. The predicted octanol–water partition coefficient (Wildman–Crippen LogP) is 10.2. The van der Waals surface area contributed by atoms with E-state index in [-0.39, 0.29) is 122 Å². The van der Waals surface area contributed by atoms with Crippen LogP contribution in [0.25, 0.3) is 0 Å². The molecule has 0 heterocycles. The van der Waals surface area contributed by atoms with Crippen LogP contribution in [0.4, 0.5) is 0 Å². The third-order valence-electron chi connectivity index (χ3n) is 19.4. The molecule has 15 heteroatoms. The lowest BCUT2D eigenvalue weighted by molar-refractivity contribution is -0.193. The van der Waals surface area contributed by atoms with Crippen molar-refractivity contribution in [1.29, 1.82) is 0 Å². The number of carbonyl (C=O) groups is 6. The van der Waals surface area contributed by atoms with Crippen molar-refractivity contribution in [3.05, 3.63) is 0 Å². The standard InChI is InChI=1S/C25H38O5.C17H28O5.C16H26O5/c1-4-25(2,3)24(27)30-21-12-16-10-19(21)20(11-16)23(26)29-13-28-22-17-6-14-5-15(8-17)9-18(22)7-14;1-5-17(3,4)16(19)22-14-9-11-7-12(14)13(8-11)15(18)21-10-20-6-2;1-4-10(3)15(17)21-14-8-11-6-12(14)13(7-11)16(18)20-9-19-5-2/h14-22H,4-13H2,1-3H3;11-14H,5-10H2,1-4H3;10-14H,4-9H2,1-3H3. The van der Waals surface area contributed by atoms with Gasteiger partial charge in [0.1, 0.15) is 18.3 Å². The zero-order chi connectivity index (χ0) is 52.8. The third kappa shape index (κ3) is 13.8. The zero-order valence-corrected chi connectivity index (χ0v) is 46.1. The van der Waals surface area contributed by atoms with Crippen molar-refractivity contribution in [2.45, 2.75) is 203 Å². The van der Waals surface area contributed by atoms with Crippen LogP contribution in [-0.4, -0.2) is 93.8 Å². The Balaban J connectivity index is 0.000000164. The van der Waals surface area contributed by atoms with Crippen molar-refractivity contribution in [2.75, 3.05) is 33.6 Å². The molecule has 0 aromatic heterocycles. The molecule has 0 N–H and O–H groups in total. The summed E-state index contributed by atoms with van der Waals surface area (Å²) in [5.41, 5.74) is -0.933. The van der Waals surface area contributed by atoms with Crippen LogP contribution < -0.4 is 0 Å². The van der Waals surface area contributed by atoms with Crippen LogP contribution in [-0.2, 0) is 71.4 Å². The van der Waals surface area contributed by atoms with E-state index < -0.39 is 10.8 Å². The van der Waals surface area contributed by atoms with E-state index in [1.54, 1.807) is 0 Å². The SMILES string of the molecule is CCC(C)(C)C(=O)OC1CC2CC(C(=O)OCOC3C4CC5CC(C4)CC3C5)C1C2.CCOCOC(=O)C1CC2CC(OC(=O)C(C)(C)CC)C1C2.CCOCOC(=O)C1CC2CC(OC(=O)C(C)CC)C1C2. The molecule has 10 fully saturated rings. The molecule has 10 aliphatic rings. The first kappa shape index (κ1) is 57.4. The second-order valence-electron chi connectivity index (χ2n) is 25.0. The van der Waals surface area contributed by atoms with E-state index in [1.165, 1.54) is 32.1 Å².